The van der Waals surface area contributed by atoms with Crippen molar-refractivity contribution in [2.45, 2.75) is 25.9 Å². The average molecular weight is 524 g/mol. The molecule has 1 N–H and O–H groups in total. The third kappa shape index (κ3) is 4.98. The molecule has 0 bridgehead atoms. The van der Waals surface area contributed by atoms with E-state index in [-0.39, 0.29) is 11.5 Å². The summed E-state index contributed by atoms with van der Waals surface area (Å²) < 4.78 is 7.11. The third-order valence-corrected chi connectivity index (χ3v) is 7.37. The Kier molecular flexibility index (Phi) is 6.76. The minimum atomic E-state index is -0.481. The van der Waals surface area contributed by atoms with Crippen molar-refractivity contribution < 1.29 is 9.21 Å². The van der Waals surface area contributed by atoms with Crippen LogP contribution in [0.4, 0.5) is 0 Å². The first-order chi connectivity index (χ1) is 19.1. The summed E-state index contributed by atoms with van der Waals surface area (Å²) in [5.41, 5.74) is 3.41. The normalized spacial score (nSPS) is 15.1. The van der Waals surface area contributed by atoms with Crippen LogP contribution in [0.3, 0.4) is 0 Å². The number of nitrogens with one attached hydrogen (secondary N) is 1. The number of pyridine rings is 1. The first kappa shape index (κ1) is 24.7. The highest BCUT2D eigenvalue weighted by Gasteiger charge is 2.34. The number of fused-ring (bicyclic) bond motifs is 1. The molecule has 1 amide bonds. The summed E-state index contributed by atoms with van der Waals surface area (Å²) in [6.45, 7) is 4.64. The Labute approximate surface area is 224 Å². The summed E-state index contributed by atoms with van der Waals surface area (Å²) in [4.78, 5) is 33.5. The number of piperazine rings is 1. The van der Waals surface area contributed by atoms with Gasteiger partial charge in [-0.25, -0.2) is 4.68 Å². The highest BCUT2D eigenvalue weighted by Crippen LogP contribution is 2.28. The van der Waals surface area contributed by atoms with E-state index in [9.17, 15) is 9.59 Å². The molecule has 10 nitrogen and oxygen atoms in total. The van der Waals surface area contributed by atoms with E-state index < -0.39 is 6.04 Å². The molecule has 0 spiro atoms. The molecule has 1 aliphatic rings. The highest BCUT2D eigenvalue weighted by atomic mass is 16.3. The number of benzene rings is 2. The van der Waals surface area contributed by atoms with E-state index in [0.29, 0.717) is 49.9 Å². The molecule has 0 aliphatic carbocycles. The number of para-hydroxylation sites is 1. The number of nitrogens with zero attached hydrogens (tertiary/aromatic N) is 6. The van der Waals surface area contributed by atoms with Crippen molar-refractivity contribution >= 4 is 16.8 Å². The van der Waals surface area contributed by atoms with Crippen LogP contribution in [0.1, 0.15) is 39.1 Å². The lowest BCUT2D eigenvalue weighted by atomic mass is 10.0. The van der Waals surface area contributed by atoms with Crippen molar-refractivity contribution in [2.24, 2.45) is 0 Å². The lowest BCUT2D eigenvalue weighted by Gasteiger charge is -2.38. The summed E-state index contributed by atoms with van der Waals surface area (Å²) in [6, 6.07) is 21.0. The zero-order valence-electron chi connectivity index (χ0n) is 21.7. The summed E-state index contributed by atoms with van der Waals surface area (Å²) in [5.74, 6) is 0.795. The molecule has 5 aromatic rings. The first-order valence-electron chi connectivity index (χ1n) is 13.1. The number of tetrazole rings is 1. The van der Waals surface area contributed by atoms with Crippen LogP contribution in [0.5, 0.6) is 0 Å². The van der Waals surface area contributed by atoms with Crippen LogP contribution < -0.4 is 5.56 Å². The molecule has 0 saturated carbocycles. The van der Waals surface area contributed by atoms with Gasteiger partial charge in [-0.15, -0.1) is 5.10 Å². The molecule has 6 rings (SSSR count). The molecule has 3 aromatic heterocycles. The Bertz CT molecular complexity index is 1630. The number of aryl methyl sites for hydroxylation is 3. The maximum atomic E-state index is 13.5. The second kappa shape index (κ2) is 10.7. The Morgan fingerprint density at radius 2 is 1.85 bits per heavy atom. The molecule has 2 aromatic carbocycles. The van der Waals surface area contributed by atoms with E-state index in [4.69, 9.17) is 4.42 Å². The van der Waals surface area contributed by atoms with Gasteiger partial charge in [0.25, 0.3) is 11.5 Å². The predicted molar refractivity (Wildman–Crippen MR) is 145 cm³/mol. The predicted octanol–water partition coefficient (Wildman–Crippen LogP) is 3.21. The fourth-order valence-corrected chi connectivity index (χ4v) is 5.29. The molecule has 0 radical (unpaired) electrons. The smallest absolute Gasteiger partial charge is 0.289 e. The van der Waals surface area contributed by atoms with E-state index in [0.717, 1.165) is 22.9 Å². The molecule has 198 valence electrons. The van der Waals surface area contributed by atoms with Crippen LogP contribution in [0.25, 0.3) is 10.9 Å². The fourth-order valence-electron chi connectivity index (χ4n) is 5.29. The number of H-pyrrole nitrogens is 1. The quantitative estimate of drug-likeness (QED) is 0.349. The van der Waals surface area contributed by atoms with Crippen LogP contribution in [0.15, 0.2) is 82.2 Å². The van der Waals surface area contributed by atoms with E-state index in [1.165, 1.54) is 11.8 Å². The van der Waals surface area contributed by atoms with Gasteiger partial charge in [0.1, 0.15) is 6.04 Å². The van der Waals surface area contributed by atoms with E-state index in [1.807, 2.05) is 49.4 Å². The van der Waals surface area contributed by atoms with Crippen LogP contribution in [0, 0.1) is 6.92 Å². The number of hydrogen-bond donors (Lipinski definition) is 1. The molecular formula is C29H29N7O3. The van der Waals surface area contributed by atoms with Gasteiger partial charge in [-0.2, -0.15) is 0 Å². The summed E-state index contributed by atoms with van der Waals surface area (Å²) >= 11 is 0. The maximum Gasteiger partial charge on any atom is 0.289 e. The zero-order chi connectivity index (χ0) is 26.8. The molecule has 1 atom stereocenters. The van der Waals surface area contributed by atoms with Gasteiger partial charge in [0.2, 0.25) is 0 Å². The Hall–Kier alpha value is -4.57. The largest absolute Gasteiger partial charge is 0.459 e. The van der Waals surface area contributed by atoms with Gasteiger partial charge in [0, 0.05) is 38.3 Å². The second-order valence-electron chi connectivity index (χ2n) is 9.80. The molecule has 39 heavy (non-hydrogen) atoms. The van der Waals surface area contributed by atoms with Crippen LogP contribution in [-0.4, -0.2) is 67.1 Å². The van der Waals surface area contributed by atoms with E-state index in [1.54, 1.807) is 21.7 Å². The van der Waals surface area contributed by atoms with Crippen LogP contribution in [0.2, 0.25) is 0 Å². The zero-order valence-corrected chi connectivity index (χ0v) is 21.7. The van der Waals surface area contributed by atoms with Gasteiger partial charge in [0.15, 0.2) is 11.6 Å². The molecule has 4 heterocycles. The Morgan fingerprint density at radius 1 is 1.03 bits per heavy atom. The minimum absolute atomic E-state index is 0.136. The lowest BCUT2D eigenvalue weighted by Crippen LogP contribution is -2.50. The van der Waals surface area contributed by atoms with Gasteiger partial charge < -0.3 is 14.3 Å². The lowest BCUT2D eigenvalue weighted by molar-refractivity contribution is 0.0558. The van der Waals surface area contributed by atoms with E-state index in [2.05, 4.69) is 37.5 Å². The van der Waals surface area contributed by atoms with Crippen molar-refractivity contribution in [3.8, 4) is 0 Å². The molecule has 1 unspecified atom stereocenters. The summed E-state index contributed by atoms with van der Waals surface area (Å²) in [5, 5.41) is 13.7. The van der Waals surface area contributed by atoms with Crippen LogP contribution in [-0.2, 0) is 13.0 Å². The summed E-state index contributed by atoms with van der Waals surface area (Å²) in [6.07, 6.45) is 2.26. The van der Waals surface area contributed by atoms with Crippen molar-refractivity contribution in [1.29, 1.82) is 0 Å². The second-order valence-corrected chi connectivity index (χ2v) is 9.80. The topological polar surface area (TPSA) is 113 Å². The van der Waals surface area contributed by atoms with Gasteiger partial charge in [0.05, 0.1) is 11.8 Å². The summed E-state index contributed by atoms with van der Waals surface area (Å²) in [7, 11) is 0. The maximum absolute atomic E-state index is 13.5. The molecule has 1 saturated heterocycles. The number of carbonyl (C=O) groups is 1. The van der Waals surface area contributed by atoms with Crippen molar-refractivity contribution in [1.82, 2.24) is 35.0 Å². The van der Waals surface area contributed by atoms with Crippen LogP contribution >= 0.6 is 0 Å². The van der Waals surface area contributed by atoms with Gasteiger partial charge in [-0.3, -0.25) is 14.5 Å². The monoisotopic (exact) mass is 523 g/mol. The molecular weight excluding hydrogens is 494 g/mol. The SMILES string of the molecule is Cc1cccc2cc(C(c3nnnn3CCc3ccccc3)N3CCN(C(=O)c4ccco4)CC3)c(=O)[nH]c12. The highest BCUT2D eigenvalue weighted by molar-refractivity contribution is 5.91. The molecule has 1 aliphatic heterocycles. The number of hydrogen-bond acceptors (Lipinski definition) is 7. The minimum Gasteiger partial charge on any atom is -0.459 e. The number of furan rings is 1. The Balaban J connectivity index is 1.34. The standard InChI is InChI=1S/C29H29N7O3/c1-20-7-5-10-22-19-23(28(37)30-25(20)22)26(27-31-32-33-36(27)13-12-21-8-3-2-4-9-21)34-14-16-35(17-15-34)29(38)24-11-6-18-39-24/h2-11,18-19,26H,12-17H2,1H3,(H,30,37). The first-order valence-corrected chi connectivity index (χ1v) is 13.1. The number of amides is 1. The molecule has 1 fully saturated rings. The fraction of sp³-hybridized carbons (Fsp3) is 0.276. The number of aromatic nitrogens is 5. The number of carbonyl (C=O) groups excluding carboxylic acids is 1. The third-order valence-electron chi connectivity index (χ3n) is 7.37. The van der Waals surface area contributed by atoms with Crippen molar-refractivity contribution in [2.75, 3.05) is 26.2 Å². The van der Waals surface area contributed by atoms with Crippen molar-refractivity contribution in [3.63, 3.8) is 0 Å². The Morgan fingerprint density at radius 3 is 2.62 bits per heavy atom. The van der Waals surface area contributed by atoms with Gasteiger partial charge in [-0.05, 0) is 58.5 Å². The van der Waals surface area contributed by atoms with Gasteiger partial charge >= 0.3 is 0 Å². The van der Waals surface area contributed by atoms with Crippen molar-refractivity contribution in [3.05, 3.63) is 112 Å². The van der Waals surface area contributed by atoms with Gasteiger partial charge in [-0.1, -0.05) is 48.5 Å². The average Bonchev–Trinajstić information content (AvgIpc) is 3.67. The van der Waals surface area contributed by atoms with E-state index >= 15 is 0 Å². The number of rotatable bonds is 7. The molecule has 10 heteroatoms. The number of aromatic amines is 1.